The maximum Gasteiger partial charge on any atom is 0.269 e. The number of nitrogens with zero attached hydrogens (tertiary/aromatic N) is 3. The monoisotopic (exact) mass is 453 g/mol. The van der Waals surface area contributed by atoms with Gasteiger partial charge >= 0.3 is 0 Å². The van der Waals surface area contributed by atoms with Gasteiger partial charge in [-0.25, -0.2) is 22.7 Å². The number of para-hydroxylation sites is 1. The fourth-order valence-electron chi connectivity index (χ4n) is 3.35. The van der Waals surface area contributed by atoms with E-state index >= 15 is 0 Å². The molecule has 0 bridgehead atoms. The van der Waals surface area contributed by atoms with Gasteiger partial charge in [0.1, 0.15) is 9.92 Å². The summed E-state index contributed by atoms with van der Waals surface area (Å²) in [6.07, 6.45) is 0. The van der Waals surface area contributed by atoms with Crippen LogP contribution in [0.5, 0.6) is 0 Å². The van der Waals surface area contributed by atoms with E-state index in [0.717, 1.165) is 25.1 Å². The Balaban J connectivity index is 1.42. The molecule has 1 aliphatic rings. The molecule has 0 fully saturated rings. The summed E-state index contributed by atoms with van der Waals surface area (Å²) in [4.78, 5) is 23.0. The number of hydrogen-bond donors (Lipinski definition) is 0. The van der Waals surface area contributed by atoms with E-state index in [2.05, 4.69) is 4.98 Å². The summed E-state index contributed by atoms with van der Waals surface area (Å²) in [5.74, 6) is 0.561. The molecule has 2 aromatic carbocycles. The van der Waals surface area contributed by atoms with Crippen LogP contribution < -0.4 is 0 Å². The largest absolute Gasteiger partial charge is 0.269 e. The number of carbonyl (C=O) groups is 1. The fourth-order valence-corrected chi connectivity index (χ4v) is 6.64. The number of aromatic nitrogens is 2. The molecule has 0 saturated carbocycles. The lowest BCUT2D eigenvalue weighted by molar-refractivity contribution is 0.0876. The molecular formula is C21H15N3O3S3. The van der Waals surface area contributed by atoms with Gasteiger partial charge in [0.2, 0.25) is 0 Å². The zero-order valence-corrected chi connectivity index (χ0v) is 18.0. The van der Waals surface area contributed by atoms with Gasteiger partial charge in [0, 0.05) is 17.7 Å². The number of carbonyl (C=O) groups excluding carboxylic acids is 1. The molecule has 2 aromatic heterocycles. The number of amides is 1. The van der Waals surface area contributed by atoms with Crippen LogP contribution in [-0.4, -0.2) is 40.9 Å². The van der Waals surface area contributed by atoms with Gasteiger partial charge in [-0.05, 0) is 29.6 Å². The third-order valence-corrected chi connectivity index (χ3v) is 8.43. The number of thioether (sulfide) groups is 1. The van der Waals surface area contributed by atoms with Gasteiger partial charge in [-0.2, -0.15) is 0 Å². The van der Waals surface area contributed by atoms with Crippen molar-refractivity contribution in [1.29, 1.82) is 0 Å². The molecule has 0 atom stereocenters. The minimum atomic E-state index is -3.80. The first kappa shape index (κ1) is 19.2. The molecule has 0 unspecified atom stereocenters. The van der Waals surface area contributed by atoms with Crippen LogP contribution in [0.15, 0.2) is 76.0 Å². The summed E-state index contributed by atoms with van der Waals surface area (Å²) in [6, 6.07) is 18.0. The van der Waals surface area contributed by atoms with Crippen LogP contribution in [0.25, 0.3) is 21.6 Å². The maximum absolute atomic E-state index is 12.7. The van der Waals surface area contributed by atoms with E-state index in [0.29, 0.717) is 11.6 Å². The highest BCUT2D eigenvalue weighted by Crippen LogP contribution is 2.32. The molecule has 1 amide bonds. The van der Waals surface area contributed by atoms with E-state index in [4.69, 9.17) is 4.98 Å². The number of thiophene rings is 1. The number of benzene rings is 2. The predicted molar refractivity (Wildman–Crippen MR) is 118 cm³/mol. The predicted octanol–water partition coefficient (Wildman–Crippen LogP) is 4.30. The summed E-state index contributed by atoms with van der Waals surface area (Å²) in [7, 11) is -3.80. The Kier molecular flexibility index (Phi) is 4.80. The van der Waals surface area contributed by atoms with Crippen LogP contribution in [0.4, 0.5) is 0 Å². The molecule has 0 N–H and O–H groups in total. The molecule has 4 aromatic rings. The molecule has 3 heterocycles. The van der Waals surface area contributed by atoms with Crippen molar-refractivity contribution >= 4 is 49.9 Å². The smallest absolute Gasteiger partial charge is 0.268 e. The average molecular weight is 454 g/mol. The van der Waals surface area contributed by atoms with Gasteiger partial charge in [-0.1, -0.05) is 36.4 Å². The minimum absolute atomic E-state index is 0.0764. The highest BCUT2D eigenvalue weighted by Gasteiger charge is 2.40. The van der Waals surface area contributed by atoms with E-state index in [-0.39, 0.29) is 17.0 Å². The van der Waals surface area contributed by atoms with Gasteiger partial charge < -0.3 is 0 Å². The lowest BCUT2D eigenvalue weighted by atomic mass is 10.2. The SMILES string of the molecule is O=C1c2ccccc2S(=O)(=O)N1CCSc1nc(-c2cccs2)nc2ccccc12. The molecule has 9 heteroatoms. The van der Waals surface area contributed by atoms with Gasteiger partial charge in [0.05, 0.1) is 16.0 Å². The quantitative estimate of drug-likeness (QED) is 0.331. The fraction of sp³-hybridized carbons (Fsp3) is 0.0952. The van der Waals surface area contributed by atoms with E-state index in [1.165, 1.54) is 17.8 Å². The van der Waals surface area contributed by atoms with E-state index in [1.807, 2.05) is 41.8 Å². The van der Waals surface area contributed by atoms with Gasteiger partial charge in [-0.15, -0.1) is 23.1 Å². The highest BCUT2D eigenvalue weighted by molar-refractivity contribution is 7.99. The topological polar surface area (TPSA) is 80.2 Å². The van der Waals surface area contributed by atoms with Crippen LogP contribution in [0.2, 0.25) is 0 Å². The summed E-state index contributed by atoms with van der Waals surface area (Å²) < 4.78 is 26.4. The van der Waals surface area contributed by atoms with Crippen LogP contribution in [0, 0.1) is 0 Å². The lowest BCUT2D eigenvalue weighted by Crippen LogP contribution is -2.32. The Morgan fingerprint density at radius 1 is 0.967 bits per heavy atom. The molecule has 6 nitrogen and oxygen atoms in total. The molecule has 1 aliphatic heterocycles. The van der Waals surface area contributed by atoms with Crippen molar-refractivity contribution in [3.05, 3.63) is 71.6 Å². The summed E-state index contributed by atoms with van der Waals surface area (Å²) in [6.45, 7) is 0.0766. The zero-order valence-electron chi connectivity index (χ0n) is 15.6. The van der Waals surface area contributed by atoms with Gasteiger partial charge in [-0.3, -0.25) is 4.79 Å². The van der Waals surface area contributed by atoms with Crippen LogP contribution in [0.3, 0.4) is 0 Å². The Morgan fingerprint density at radius 2 is 1.77 bits per heavy atom. The maximum atomic E-state index is 12.7. The Hall–Kier alpha value is -2.75. The molecule has 30 heavy (non-hydrogen) atoms. The second-order valence-corrected chi connectivity index (χ2v) is 10.4. The third-order valence-electron chi connectivity index (χ3n) is 4.76. The lowest BCUT2D eigenvalue weighted by Gasteiger charge is -2.15. The zero-order chi connectivity index (χ0) is 20.7. The molecule has 0 radical (unpaired) electrons. The van der Waals surface area contributed by atoms with E-state index in [9.17, 15) is 13.2 Å². The van der Waals surface area contributed by atoms with Crippen LogP contribution in [-0.2, 0) is 10.0 Å². The van der Waals surface area contributed by atoms with Crippen molar-refractivity contribution in [2.24, 2.45) is 0 Å². The molecule has 0 spiro atoms. The van der Waals surface area contributed by atoms with Gasteiger partial charge in [0.25, 0.3) is 15.9 Å². The Labute approximate surface area is 181 Å². The first-order valence-electron chi connectivity index (χ1n) is 9.15. The Bertz CT molecular complexity index is 1370. The molecular weight excluding hydrogens is 438 g/mol. The molecule has 0 aliphatic carbocycles. The van der Waals surface area contributed by atoms with E-state index < -0.39 is 15.9 Å². The number of sulfonamides is 1. The highest BCUT2D eigenvalue weighted by atomic mass is 32.2. The molecule has 150 valence electrons. The van der Waals surface area contributed by atoms with Crippen LogP contribution in [0.1, 0.15) is 10.4 Å². The van der Waals surface area contributed by atoms with Gasteiger partial charge in [0.15, 0.2) is 5.82 Å². The normalized spacial score (nSPS) is 14.9. The second-order valence-electron chi connectivity index (χ2n) is 6.57. The van der Waals surface area contributed by atoms with Crippen molar-refractivity contribution < 1.29 is 13.2 Å². The van der Waals surface area contributed by atoms with Crippen molar-refractivity contribution in [2.45, 2.75) is 9.92 Å². The standard InChI is InChI=1S/C21H15N3O3S3/c25-21-15-7-2-4-10-18(15)30(26,27)24(21)11-13-29-20-14-6-1-3-8-16(14)22-19(23-20)17-9-5-12-28-17/h1-10,12H,11,13H2. The van der Waals surface area contributed by atoms with E-state index in [1.54, 1.807) is 29.5 Å². The van der Waals surface area contributed by atoms with Crippen molar-refractivity contribution in [3.8, 4) is 10.7 Å². The summed E-state index contributed by atoms with van der Waals surface area (Å²) in [5.41, 5.74) is 1.06. The van der Waals surface area contributed by atoms with Crippen molar-refractivity contribution in [1.82, 2.24) is 14.3 Å². The summed E-state index contributed by atoms with van der Waals surface area (Å²) in [5, 5.41) is 3.65. The number of rotatable bonds is 5. The third kappa shape index (κ3) is 3.19. The molecule has 5 rings (SSSR count). The average Bonchev–Trinajstić information content (AvgIpc) is 3.36. The Morgan fingerprint density at radius 3 is 2.57 bits per heavy atom. The number of fused-ring (bicyclic) bond motifs is 2. The number of hydrogen-bond acceptors (Lipinski definition) is 7. The van der Waals surface area contributed by atoms with Crippen LogP contribution >= 0.6 is 23.1 Å². The minimum Gasteiger partial charge on any atom is -0.268 e. The summed E-state index contributed by atoms with van der Waals surface area (Å²) >= 11 is 2.99. The first-order chi connectivity index (χ1) is 14.6. The van der Waals surface area contributed by atoms with Crippen molar-refractivity contribution in [2.75, 3.05) is 12.3 Å². The van der Waals surface area contributed by atoms with Crippen molar-refractivity contribution in [3.63, 3.8) is 0 Å². The molecule has 0 saturated heterocycles. The first-order valence-corrected chi connectivity index (χ1v) is 12.5. The second kappa shape index (κ2) is 7.50.